The van der Waals surface area contributed by atoms with Crippen LogP contribution in [0.4, 0.5) is 15.8 Å². The summed E-state index contributed by atoms with van der Waals surface area (Å²) in [5.74, 6) is 0.417. The molecule has 180 valence electrons. The van der Waals surface area contributed by atoms with Crippen molar-refractivity contribution in [2.45, 2.75) is 40.0 Å². The maximum absolute atomic E-state index is 13.9. The normalized spacial score (nSPS) is 14.5. The molecule has 5 rings (SSSR count). The molecule has 0 spiro atoms. The lowest BCUT2D eigenvalue weighted by Gasteiger charge is -2.32. The van der Waals surface area contributed by atoms with Gasteiger partial charge >= 0.3 is 0 Å². The standard InChI is InChI=1S/C29H31FN4O/c1-19-12-14-33(15-13-19)24-8-6-23(7-9-24)31-28(35)17-26-29(22-5-10-25(30)21(3)16-22)32-27-11-4-20(2)18-34(26)27/h4-11,16,18-19H,12-15,17H2,1-3H3,(H,31,35). The molecule has 6 heteroatoms. The van der Waals surface area contributed by atoms with E-state index in [9.17, 15) is 9.18 Å². The highest BCUT2D eigenvalue weighted by Gasteiger charge is 2.19. The molecule has 0 atom stereocenters. The summed E-state index contributed by atoms with van der Waals surface area (Å²) in [6.45, 7) is 8.21. The van der Waals surface area contributed by atoms with Crippen molar-refractivity contribution in [3.63, 3.8) is 0 Å². The highest BCUT2D eigenvalue weighted by molar-refractivity contribution is 5.93. The molecule has 1 saturated heterocycles. The molecular weight excluding hydrogens is 439 g/mol. The minimum Gasteiger partial charge on any atom is -0.372 e. The molecule has 1 N–H and O–H groups in total. The summed E-state index contributed by atoms with van der Waals surface area (Å²) in [6.07, 6.45) is 4.57. The van der Waals surface area contributed by atoms with Crippen molar-refractivity contribution in [3.05, 3.63) is 83.4 Å². The van der Waals surface area contributed by atoms with E-state index >= 15 is 0 Å². The van der Waals surface area contributed by atoms with Gasteiger partial charge in [0.2, 0.25) is 5.91 Å². The molecular formula is C29H31FN4O. The molecule has 0 saturated carbocycles. The first-order valence-corrected chi connectivity index (χ1v) is 12.3. The van der Waals surface area contributed by atoms with Crippen LogP contribution in [0, 0.1) is 25.6 Å². The number of aromatic nitrogens is 2. The summed E-state index contributed by atoms with van der Waals surface area (Å²) in [6, 6.07) is 17.0. The Kier molecular flexibility index (Phi) is 6.29. The van der Waals surface area contributed by atoms with Crippen LogP contribution in [0.3, 0.4) is 0 Å². The van der Waals surface area contributed by atoms with Gasteiger partial charge in [0.05, 0.1) is 17.8 Å². The summed E-state index contributed by atoms with van der Waals surface area (Å²) in [4.78, 5) is 20.3. The van der Waals surface area contributed by atoms with Crippen LogP contribution in [0.25, 0.3) is 16.9 Å². The van der Waals surface area contributed by atoms with Crippen LogP contribution < -0.4 is 10.2 Å². The molecule has 5 nitrogen and oxygen atoms in total. The Labute approximate surface area is 205 Å². The van der Waals surface area contributed by atoms with Gasteiger partial charge in [0, 0.05) is 36.2 Å². The fourth-order valence-electron chi connectivity index (χ4n) is 4.77. The van der Waals surface area contributed by atoms with Crippen LogP contribution in [-0.4, -0.2) is 28.4 Å². The number of hydrogen-bond donors (Lipinski definition) is 1. The average molecular weight is 471 g/mol. The zero-order valence-corrected chi connectivity index (χ0v) is 20.5. The minimum absolute atomic E-state index is 0.118. The largest absolute Gasteiger partial charge is 0.372 e. The van der Waals surface area contributed by atoms with E-state index in [1.54, 1.807) is 19.1 Å². The highest BCUT2D eigenvalue weighted by Crippen LogP contribution is 2.28. The lowest BCUT2D eigenvalue weighted by molar-refractivity contribution is -0.115. The van der Waals surface area contributed by atoms with Gasteiger partial charge in [-0.15, -0.1) is 0 Å². The van der Waals surface area contributed by atoms with Crippen LogP contribution in [0.1, 0.15) is 36.6 Å². The number of carbonyl (C=O) groups excluding carboxylic acids is 1. The van der Waals surface area contributed by atoms with Crippen molar-refractivity contribution in [2.75, 3.05) is 23.3 Å². The van der Waals surface area contributed by atoms with Gasteiger partial charge in [-0.3, -0.25) is 4.79 Å². The zero-order valence-electron chi connectivity index (χ0n) is 20.5. The van der Waals surface area contributed by atoms with Crippen LogP contribution in [0.2, 0.25) is 0 Å². The van der Waals surface area contributed by atoms with Gasteiger partial charge in [0.1, 0.15) is 11.5 Å². The number of fused-ring (bicyclic) bond motifs is 1. The number of nitrogens with zero attached hydrogens (tertiary/aromatic N) is 3. The second-order valence-corrected chi connectivity index (χ2v) is 9.75. The van der Waals surface area contributed by atoms with E-state index in [1.165, 1.54) is 24.6 Å². The molecule has 0 radical (unpaired) electrons. The Balaban J connectivity index is 1.38. The molecule has 1 fully saturated rings. The van der Waals surface area contributed by atoms with Gasteiger partial charge in [0.15, 0.2) is 0 Å². The second-order valence-electron chi connectivity index (χ2n) is 9.75. The minimum atomic E-state index is -0.254. The maximum Gasteiger partial charge on any atom is 0.230 e. The topological polar surface area (TPSA) is 49.6 Å². The molecule has 35 heavy (non-hydrogen) atoms. The quantitative estimate of drug-likeness (QED) is 0.379. The summed E-state index contributed by atoms with van der Waals surface area (Å²) in [5.41, 5.74) is 6.63. The number of piperidine rings is 1. The summed E-state index contributed by atoms with van der Waals surface area (Å²) in [5, 5.41) is 3.04. The first-order valence-electron chi connectivity index (χ1n) is 12.3. The molecule has 0 aliphatic carbocycles. The number of benzene rings is 2. The van der Waals surface area contributed by atoms with E-state index in [2.05, 4.69) is 29.3 Å². The predicted molar refractivity (Wildman–Crippen MR) is 139 cm³/mol. The van der Waals surface area contributed by atoms with Crippen molar-refractivity contribution >= 4 is 22.9 Å². The molecule has 0 bridgehead atoms. The van der Waals surface area contributed by atoms with Crippen LogP contribution in [0.15, 0.2) is 60.8 Å². The van der Waals surface area contributed by atoms with Crippen LogP contribution in [0.5, 0.6) is 0 Å². The first kappa shape index (κ1) is 23.1. The lowest BCUT2D eigenvalue weighted by Crippen LogP contribution is -2.32. The second kappa shape index (κ2) is 9.53. The molecule has 3 heterocycles. The van der Waals surface area contributed by atoms with Crippen LogP contribution in [-0.2, 0) is 11.2 Å². The number of amides is 1. The van der Waals surface area contributed by atoms with E-state index < -0.39 is 0 Å². The van der Waals surface area contributed by atoms with E-state index in [-0.39, 0.29) is 18.1 Å². The number of halogens is 1. The third-order valence-corrected chi connectivity index (χ3v) is 6.92. The van der Waals surface area contributed by atoms with Gasteiger partial charge in [-0.25, -0.2) is 9.37 Å². The third-order valence-electron chi connectivity index (χ3n) is 6.92. The van der Waals surface area contributed by atoms with Crippen molar-refractivity contribution in [1.82, 2.24) is 9.38 Å². The molecule has 0 unspecified atom stereocenters. The van der Waals surface area contributed by atoms with Crippen molar-refractivity contribution in [1.29, 1.82) is 0 Å². The molecule has 1 aliphatic rings. The zero-order chi connectivity index (χ0) is 24.5. The number of nitrogens with one attached hydrogen (secondary N) is 1. The van der Waals surface area contributed by atoms with Gasteiger partial charge in [0.25, 0.3) is 0 Å². The smallest absolute Gasteiger partial charge is 0.230 e. The molecule has 2 aromatic heterocycles. The fourth-order valence-corrected chi connectivity index (χ4v) is 4.77. The van der Waals surface area contributed by atoms with E-state index in [0.717, 1.165) is 47.2 Å². The van der Waals surface area contributed by atoms with Gasteiger partial charge in [-0.1, -0.05) is 13.0 Å². The maximum atomic E-state index is 13.9. The Hall–Kier alpha value is -3.67. The van der Waals surface area contributed by atoms with Crippen LogP contribution >= 0.6 is 0 Å². The molecule has 1 aliphatic heterocycles. The molecule has 2 aromatic carbocycles. The van der Waals surface area contributed by atoms with E-state index in [1.807, 2.05) is 41.8 Å². The van der Waals surface area contributed by atoms with E-state index in [0.29, 0.717) is 11.3 Å². The highest BCUT2D eigenvalue weighted by atomic mass is 19.1. The van der Waals surface area contributed by atoms with Gasteiger partial charge in [-0.05, 0) is 92.3 Å². The number of pyridine rings is 1. The van der Waals surface area contributed by atoms with Crippen molar-refractivity contribution in [3.8, 4) is 11.3 Å². The SMILES string of the molecule is Cc1ccc2nc(-c3ccc(F)c(C)c3)c(CC(=O)Nc3ccc(N4CCC(C)CC4)cc3)n2c1. The number of rotatable bonds is 5. The Bertz CT molecular complexity index is 1370. The first-order chi connectivity index (χ1) is 16.9. The Morgan fingerprint density at radius 3 is 2.51 bits per heavy atom. The number of anilines is 2. The van der Waals surface area contributed by atoms with Gasteiger partial charge in [-0.2, -0.15) is 0 Å². The van der Waals surface area contributed by atoms with Gasteiger partial charge < -0.3 is 14.6 Å². The average Bonchev–Trinajstić information content (AvgIpc) is 3.19. The number of aryl methyl sites for hydroxylation is 2. The summed E-state index contributed by atoms with van der Waals surface area (Å²) in [7, 11) is 0. The number of carbonyl (C=O) groups is 1. The Morgan fingerprint density at radius 1 is 1.06 bits per heavy atom. The summed E-state index contributed by atoms with van der Waals surface area (Å²) >= 11 is 0. The lowest BCUT2D eigenvalue weighted by atomic mass is 9.99. The third kappa shape index (κ3) is 4.92. The Morgan fingerprint density at radius 2 is 1.80 bits per heavy atom. The van der Waals surface area contributed by atoms with E-state index in [4.69, 9.17) is 4.98 Å². The number of imidazole rings is 1. The number of hydrogen-bond acceptors (Lipinski definition) is 3. The van der Waals surface area contributed by atoms with Crippen molar-refractivity contribution in [2.24, 2.45) is 5.92 Å². The summed E-state index contributed by atoms with van der Waals surface area (Å²) < 4.78 is 15.9. The molecule has 4 aromatic rings. The molecule has 1 amide bonds. The fraction of sp³-hybridized carbons (Fsp3) is 0.310. The van der Waals surface area contributed by atoms with Crippen molar-refractivity contribution < 1.29 is 9.18 Å². The predicted octanol–water partition coefficient (Wildman–Crippen LogP) is 6.17. The monoisotopic (exact) mass is 470 g/mol.